The molecule has 0 heterocycles. The number of alkyl halides is 2. The molecule has 0 N–H and O–H groups in total. The highest BCUT2D eigenvalue weighted by atomic mass is 35.5. The van der Waals surface area contributed by atoms with Gasteiger partial charge in [0.05, 0.1) is 12.5 Å². The number of ether oxygens (including phenoxy) is 1. The monoisotopic (exact) mass is 406 g/mol. The summed E-state index contributed by atoms with van der Waals surface area (Å²) in [5, 5.41) is 0. The highest BCUT2D eigenvalue weighted by molar-refractivity contribution is 6.18. The fourth-order valence-corrected chi connectivity index (χ4v) is 3.74. The van der Waals surface area contributed by atoms with E-state index in [1.807, 2.05) is 24.3 Å². The van der Waals surface area contributed by atoms with Crippen LogP contribution in [0.4, 0.5) is 0 Å². The van der Waals surface area contributed by atoms with Crippen molar-refractivity contribution in [2.45, 2.75) is 58.2 Å². The lowest BCUT2D eigenvalue weighted by atomic mass is 9.97. The minimum absolute atomic E-state index is 0.423. The first kappa shape index (κ1) is 22.1. The third kappa shape index (κ3) is 7.05. The summed E-state index contributed by atoms with van der Waals surface area (Å²) in [5.74, 6) is 3.22. The lowest BCUT2D eigenvalue weighted by Crippen LogP contribution is -2.07. The summed E-state index contributed by atoms with van der Waals surface area (Å²) in [6.45, 7) is 7.61. The first-order valence-corrected chi connectivity index (χ1v) is 11.1. The molecule has 1 atom stereocenters. The van der Waals surface area contributed by atoms with E-state index in [1.165, 1.54) is 19.3 Å². The van der Waals surface area contributed by atoms with Gasteiger partial charge in [0.1, 0.15) is 5.75 Å². The molecule has 2 aromatic rings. The molecule has 3 heteroatoms. The van der Waals surface area contributed by atoms with Gasteiger partial charge in [0.25, 0.3) is 0 Å². The van der Waals surface area contributed by atoms with Crippen molar-refractivity contribution in [1.82, 2.24) is 0 Å². The molecule has 0 aliphatic heterocycles. The van der Waals surface area contributed by atoms with E-state index in [1.54, 1.807) is 0 Å². The van der Waals surface area contributed by atoms with Gasteiger partial charge in [-0.25, -0.2) is 0 Å². The van der Waals surface area contributed by atoms with Crippen LogP contribution in [0.5, 0.6) is 5.75 Å². The van der Waals surface area contributed by atoms with Gasteiger partial charge in [-0.2, -0.15) is 0 Å². The number of halogens is 2. The second-order valence-corrected chi connectivity index (χ2v) is 8.35. The average molecular weight is 407 g/mol. The molecule has 27 heavy (non-hydrogen) atoms. The Morgan fingerprint density at radius 1 is 0.889 bits per heavy atom. The van der Waals surface area contributed by atoms with E-state index in [-0.39, 0.29) is 0 Å². The van der Waals surface area contributed by atoms with E-state index in [2.05, 4.69) is 39.0 Å². The van der Waals surface area contributed by atoms with Crippen LogP contribution in [0, 0.1) is 11.8 Å². The van der Waals surface area contributed by atoms with Crippen LogP contribution in [0.2, 0.25) is 0 Å². The van der Waals surface area contributed by atoms with Crippen molar-refractivity contribution in [3.8, 4) is 16.9 Å². The van der Waals surface area contributed by atoms with Gasteiger partial charge < -0.3 is 4.74 Å². The fraction of sp³-hybridized carbons (Fsp3) is 0.500. The molecule has 0 saturated heterocycles. The van der Waals surface area contributed by atoms with Crippen molar-refractivity contribution in [2.24, 2.45) is 11.8 Å². The lowest BCUT2D eigenvalue weighted by molar-refractivity contribution is 0.274. The second kappa shape index (κ2) is 11.6. The Bertz CT molecular complexity index is 682. The van der Waals surface area contributed by atoms with Crippen molar-refractivity contribution in [3.63, 3.8) is 0 Å². The summed E-state index contributed by atoms with van der Waals surface area (Å²) in [5.41, 5.74) is 4.37. The summed E-state index contributed by atoms with van der Waals surface area (Å²) in [4.78, 5) is 0. The van der Waals surface area contributed by atoms with Gasteiger partial charge in [-0.3, -0.25) is 0 Å². The summed E-state index contributed by atoms with van der Waals surface area (Å²) in [7, 11) is 0. The maximum absolute atomic E-state index is 6.31. The zero-order valence-electron chi connectivity index (χ0n) is 16.8. The average Bonchev–Trinajstić information content (AvgIpc) is 2.67. The molecule has 0 amide bonds. The van der Waals surface area contributed by atoms with Crippen molar-refractivity contribution >= 4 is 23.2 Å². The summed E-state index contributed by atoms with van der Waals surface area (Å²) < 4.78 is 6.19. The molecule has 0 aliphatic carbocycles. The van der Waals surface area contributed by atoms with Gasteiger partial charge in [0.2, 0.25) is 0 Å². The largest absolute Gasteiger partial charge is 0.493 e. The predicted molar refractivity (Wildman–Crippen MR) is 119 cm³/mol. The standard InChI is InChI=1S/C24H32Cl2O/c1-18(2)8-7-9-19(3)12-13-27-24-15-20(16-25)14-22(23(24)17-26)21-10-5-4-6-11-21/h4-6,10-11,14-15,18-19H,7-9,12-13,16-17H2,1-3H3. The topological polar surface area (TPSA) is 9.23 Å². The van der Waals surface area contributed by atoms with E-state index in [0.717, 1.165) is 40.3 Å². The van der Waals surface area contributed by atoms with Crippen LogP contribution in [-0.4, -0.2) is 6.61 Å². The number of hydrogen-bond donors (Lipinski definition) is 0. The zero-order valence-corrected chi connectivity index (χ0v) is 18.3. The first-order valence-electron chi connectivity index (χ1n) is 10.0. The molecule has 0 radical (unpaired) electrons. The van der Waals surface area contributed by atoms with Gasteiger partial charge in [-0.15, -0.1) is 23.2 Å². The lowest BCUT2D eigenvalue weighted by Gasteiger charge is -2.18. The number of rotatable bonds is 11. The first-order chi connectivity index (χ1) is 13.0. The van der Waals surface area contributed by atoms with Crippen LogP contribution in [-0.2, 0) is 11.8 Å². The second-order valence-electron chi connectivity index (χ2n) is 7.82. The number of hydrogen-bond acceptors (Lipinski definition) is 1. The van der Waals surface area contributed by atoms with E-state index in [0.29, 0.717) is 24.3 Å². The van der Waals surface area contributed by atoms with E-state index < -0.39 is 0 Å². The minimum Gasteiger partial charge on any atom is -0.493 e. The third-order valence-electron chi connectivity index (χ3n) is 4.99. The van der Waals surface area contributed by atoms with E-state index in [4.69, 9.17) is 27.9 Å². The molecular weight excluding hydrogens is 375 g/mol. The molecule has 2 rings (SSSR count). The summed E-state index contributed by atoms with van der Waals surface area (Å²) in [6.07, 6.45) is 4.93. The highest BCUT2D eigenvalue weighted by Gasteiger charge is 2.14. The van der Waals surface area contributed by atoms with Gasteiger partial charge in [-0.1, -0.05) is 70.4 Å². The SMILES string of the molecule is CC(C)CCCC(C)CCOc1cc(CCl)cc(-c2ccccc2)c1CCl. The summed E-state index contributed by atoms with van der Waals surface area (Å²) >= 11 is 12.4. The molecule has 2 aromatic carbocycles. The maximum Gasteiger partial charge on any atom is 0.124 e. The number of benzene rings is 2. The van der Waals surface area contributed by atoms with Crippen LogP contribution in [0.3, 0.4) is 0 Å². The van der Waals surface area contributed by atoms with Gasteiger partial charge >= 0.3 is 0 Å². The van der Waals surface area contributed by atoms with Crippen LogP contribution < -0.4 is 4.74 Å². The van der Waals surface area contributed by atoms with Crippen LogP contribution in [0.15, 0.2) is 42.5 Å². The van der Waals surface area contributed by atoms with Gasteiger partial charge in [0, 0.05) is 11.4 Å². The molecule has 0 aromatic heterocycles. The smallest absolute Gasteiger partial charge is 0.124 e. The third-order valence-corrected chi connectivity index (χ3v) is 5.56. The Morgan fingerprint density at radius 3 is 2.26 bits per heavy atom. The van der Waals surface area contributed by atoms with Crippen molar-refractivity contribution in [1.29, 1.82) is 0 Å². The molecule has 1 nitrogen and oxygen atoms in total. The highest BCUT2D eigenvalue weighted by Crippen LogP contribution is 2.34. The summed E-state index contributed by atoms with van der Waals surface area (Å²) in [6, 6.07) is 14.5. The predicted octanol–water partition coefficient (Wildman–Crippen LogP) is 8.06. The zero-order chi connectivity index (χ0) is 19.6. The normalized spacial score (nSPS) is 12.4. The van der Waals surface area contributed by atoms with E-state index in [9.17, 15) is 0 Å². The Balaban J connectivity index is 2.07. The van der Waals surface area contributed by atoms with Crippen LogP contribution in [0.1, 0.15) is 57.6 Å². The molecule has 0 spiro atoms. The van der Waals surface area contributed by atoms with Crippen LogP contribution in [0.25, 0.3) is 11.1 Å². The molecule has 1 unspecified atom stereocenters. The molecular formula is C24H32Cl2O. The van der Waals surface area contributed by atoms with Crippen molar-refractivity contribution < 1.29 is 4.74 Å². The molecule has 0 saturated carbocycles. The van der Waals surface area contributed by atoms with E-state index >= 15 is 0 Å². The Morgan fingerprint density at radius 2 is 1.63 bits per heavy atom. The molecule has 0 bridgehead atoms. The fourth-order valence-electron chi connectivity index (χ4n) is 3.31. The van der Waals surface area contributed by atoms with Crippen molar-refractivity contribution in [2.75, 3.05) is 6.61 Å². The van der Waals surface area contributed by atoms with Crippen molar-refractivity contribution in [3.05, 3.63) is 53.6 Å². The Kier molecular flexibility index (Phi) is 9.51. The van der Waals surface area contributed by atoms with Crippen LogP contribution >= 0.6 is 23.2 Å². The quantitative estimate of drug-likeness (QED) is 0.342. The van der Waals surface area contributed by atoms with Gasteiger partial charge in [0.15, 0.2) is 0 Å². The van der Waals surface area contributed by atoms with Gasteiger partial charge in [-0.05, 0) is 47.1 Å². The maximum atomic E-state index is 6.31. The molecule has 148 valence electrons. The Labute approximate surface area is 175 Å². The Hall–Kier alpha value is -1.18. The molecule has 0 fully saturated rings. The minimum atomic E-state index is 0.423. The molecule has 0 aliphatic rings.